The van der Waals surface area contributed by atoms with Gasteiger partial charge in [0, 0.05) is 19.1 Å². The Labute approximate surface area is 241 Å². The van der Waals surface area contributed by atoms with Crippen LogP contribution in [0.5, 0.6) is 0 Å². The van der Waals surface area contributed by atoms with E-state index in [2.05, 4.69) is 0 Å². The third-order valence-electron chi connectivity index (χ3n) is 9.02. The number of carbonyl (C=O) groups is 2. The Hall–Kier alpha value is -3.04. The molecule has 8 nitrogen and oxygen atoms in total. The number of imide groups is 1. The molecule has 8 heteroatoms. The standard InChI is InChI=1S/C33H41NO7/c1-40-20-23-17-27-31(33(39)34(32(27)38)24-10-6-3-7-11-24)28(19-36)30(23)29(37)15-12-22(21-8-4-2-5-9-21)16-25-13-14-26(18-35)41-25/h2,4-5,8-9,13-14,16,24,27-29,31,35-37H,3,6-7,10-12,15,17-20H2,1H3/b22-16-/t27-,28+,29-,31-/m1/s1. The first-order chi connectivity index (χ1) is 20.0. The normalized spacial score (nSPS) is 24.7. The maximum absolute atomic E-state index is 13.8. The average molecular weight is 564 g/mol. The van der Waals surface area contributed by atoms with Crippen LogP contribution in [0.15, 0.2) is 58.0 Å². The van der Waals surface area contributed by atoms with Crippen LogP contribution in [0.3, 0.4) is 0 Å². The fourth-order valence-corrected chi connectivity index (χ4v) is 7.12. The zero-order valence-electron chi connectivity index (χ0n) is 23.7. The highest BCUT2D eigenvalue weighted by Gasteiger charge is 2.56. The minimum atomic E-state index is -0.929. The van der Waals surface area contributed by atoms with Crippen LogP contribution in [0.4, 0.5) is 0 Å². The van der Waals surface area contributed by atoms with E-state index in [0.29, 0.717) is 36.4 Å². The van der Waals surface area contributed by atoms with Crippen LogP contribution in [-0.2, 0) is 20.9 Å². The van der Waals surface area contributed by atoms with Gasteiger partial charge in [-0.25, -0.2) is 0 Å². The number of amides is 2. The summed E-state index contributed by atoms with van der Waals surface area (Å²) in [6.45, 7) is -0.279. The van der Waals surface area contributed by atoms with Gasteiger partial charge in [-0.05, 0) is 72.6 Å². The van der Waals surface area contributed by atoms with Crippen molar-refractivity contribution < 1.29 is 34.1 Å². The number of furan rings is 1. The Morgan fingerprint density at radius 1 is 1.07 bits per heavy atom. The van der Waals surface area contributed by atoms with Gasteiger partial charge in [0.2, 0.25) is 11.8 Å². The molecular weight excluding hydrogens is 522 g/mol. The number of benzene rings is 1. The second kappa shape index (κ2) is 13.3. The molecule has 220 valence electrons. The number of fused-ring (bicyclic) bond motifs is 1. The lowest BCUT2D eigenvalue weighted by Gasteiger charge is -2.36. The summed E-state index contributed by atoms with van der Waals surface area (Å²) >= 11 is 0. The van der Waals surface area contributed by atoms with Gasteiger partial charge in [-0.3, -0.25) is 14.5 Å². The third kappa shape index (κ3) is 6.11. The molecule has 1 aromatic heterocycles. The van der Waals surface area contributed by atoms with E-state index in [1.54, 1.807) is 19.2 Å². The quantitative estimate of drug-likeness (QED) is 0.275. The van der Waals surface area contributed by atoms with Crippen molar-refractivity contribution in [2.75, 3.05) is 20.3 Å². The maximum Gasteiger partial charge on any atom is 0.234 e. The van der Waals surface area contributed by atoms with E-state index in [1.807, 2.05) is 36.4 Å². The number of carbonyl (C=O) groups excluding carboxylic acids is 2. The summed E-state index contributed by atoms with van der Waals surface area (Å²) in [5, 5.41) is 31.7. The van der Waals surface area contributed by atoms with Gasteiger partial charge in [-0.1, -0.05) is 49.6 Å². The molecule has 41 heavy (non-hydrogen) atoms. The van der Waals surface area contributed by atoms with Gasteiger partial charge in [0.25, 0.3) is 0 Å². The summed E-state index contributed by atoms with van der Waals surface area (Å²) in [4.78, 5) is 28.8. The van der Waals surface area contributed by atoms with Gasteiger partial charge in [-0.15, -0.1) is 0 Å². The van der Waals surface area contributed by atoms with Gasteiger partial charge < -0.3 is 24.5 Å². The zero-order valence-corrected chi connectivity index (χ0v) is 23.7. The van der Waals surface area contributed by atoms with Crippen molar-refractivity contribution >= 4 is 23.5 Å². The number of ether oxygens (including phenoxy) is 1. The lowest BCUT2D eigenvalue weighted by Crippen LogP contribution is -2.42. The summed E-state index contributed by atoms with van der Waals surface area (Å²) in [5.41, 5.74) is 3.36. The molecule has 1 saturated carbocycles. The van der Waals surface area contributed by atoms with Crippen LogP contribution in [0.2, 0.25) is 0 Å². The van der Waals surface area contributed by atoms with Crippen molar-refractivity contribution in [2.45, 2.75) is 70.1 Å². The summed E-state index contributed by atoms with van der Waals surface area (Å²) in [6.07, 6.45) is 6.98. The number of methoxy groups -OCH3 is 1. The van der Waals surface area contributed by atoms with E-state index in [0.717, 1.165) is 48.8 Å². The number of hydrogen-bond donors (Lipinski definition) is 3. The fourth-order valence-electron chi connectivity index (χ4n) is 7.12. The van der Waals surface area contributed by atoms with Crippen molar-refractivity contribution in [3.63, 3.8) is 0 Å². The van der Waals surface area contributed by atoms with Crippen molar-refractivity contribution in [3.05, 3.63) is 70.7 Å². The maximum atomic E-state index is 13.8. The molecule has 2 aromatic rings. The first kappa shape index (κ1) is 29.5. The van der Waals surface area contributed by atoms with Gasteiger partial charge in [0.1, 0.15) is 18.1 Å². The Kier molecular flexibility index (Phi) is 9.55. The molecule has 2 aliphatic carbocycles. The molecule has 3 N–H and O–H groups in total. The molecule has 1 saturated heterocycles. The van der Waals surface area contributed by atoms with Crippen LogP contribution in [0.25, 0.3) is 11.6 Å². The Morgan fingerprint density at radius 2 is 1.83 bits per heavy atom. The smallest absolute Gasteiger partial charge is 0.234 e. The van der Waals surface area contributed by atoms with E-state index < -0.39 is 23.9 Å². The van der Waals surface area contributed by atoms with Crippen molar-refractivity contribution in [2.24, 2.45) is 17.8 Å². The molecule has 0 spiro atoms. The Bertz CT molecular complexity index is 1270. The van der Waals surface area contributed by atoms with Crippen LogP contribution >= 0.6 is 0 Å². The predicted octanol–water partition coefficient (Wildman–Crippen LogP) is 4.34. The fraction of sp³-hybridized carbons (Fsp3) is 0.515. The third-order valence-corrected chi connectivity index (χ3v) is 9.02. The van der Waals surface area contributed by atoms with E-state index >= 15 is 0 Å². The largest absolute Gasteiger partial charge is 0.459 e. The first-order valence-electron chi connectivity index (χ1n) is 14.8. The summed E-state index contributed by atoms with van der Waals surface area (Å²) in [6, 6.07) is 13.3. The molecule has 0 radical (unpaired) electrons. The van der Waals surface area contributed by atoms with E-state index in [4.69, 9.17) is 9.15 Å². The second-order valence-corrected chi connectivity index (χ2v) is 11.5. The zero-order chi connectivity index (χ0) is 28.9. The number of nitrogens with zero attached hydrogens (tertiary/aromatic N) is 1. The van der Waals surface area contributed by atoms with Crippen molar-refractivity contribution in [3.8, 4) is 0 Å². The predicted molar refractivity (Wildman–Crippen MR) is 154 cm³/mol. The minimum Gasteiger partial charge on any atom is -0.459 e. The van der Waals surface area contributed by atoms with Crippen LogP contribution < -0.4 is 0 Å². The van der Waals surface area contributed by atoms with Crippen LogP contribution in [-0.4, -0.2) is 64.5 Å². The highest BCUT2D eigenvalue weighted by atomic mass is 16.5. The molecule has 3 aliphatic rings. The molecule has 2 fully saturated rings. The number of allylic oxidation sites excluding steroid dienone is 1. The van der Waals surface area contributed by atoms with Crippen molar-refractivity contribution in [1.82, 2.24) is 4.90 Å². The topological polar surface area (TPSA) is 120 Å². The molecule has 1 aliphatic heterocycles. The van der Waals surface area contributed by atoms with Crippen molar-refractivity contribution in [1.29, 1.82) is 0 Å². The molecule has 2 heterocycles. The summed E-state index contributed by atoms with van der Waals surface area (Å²) < 4.78 is 11.2. The number of likely N-dealkylation sites (tertiary alicyclic amines) is 1. The monoisotopic (exact) mass is 563 g/mol. The van der Waals surface area contributed by atoms with Gasteiger partial charge in [0.15, 0.2) is 0 Å². The molecule has 4 atom stereocenters. The van der Waals surface area contributed by atoms with Crippen LogP contribution in [0.1, 0.15) is 68.5 Å². The molecule has 2 amide bonds. The van der Waals surface area contributed by atoms with Gasteiger partial charge in [-0.2, -0.15) is 0 Å². The highest BCUT2D eigenvalue weighted by molar-refractivity contribution is 6.06. The summed E-state index contributed by atoms with van der Waals surface area (Å²) in [5.74, 6) is -1.09. The SMILES string of the molecule is COCC1=C([C@H](O)CC/C(=C/c2ccc(CO)o2)c2ccccc2)[C@H](CO)[C@@H]2C(=O)N(C3CCCCC3)C(=O)[C@@H]2C1. The van der Waals surface area contributed by atoms with E-state index in [9.17, 15) is 24.9 Å². The lowest BCUT2D eigenvalue weighted by molar-refractivity contribution is -0.143. The van der Waals surface area contributed by atoms with E-state index in [1.165, 1.54) is 4.90 Å². The summed E-state index contributed by atoms with van der Waals surface area (Å²) in [7, 11) is 1.58. The van der Waals surface area contributed by atoms with E-state index in [-0.39, 0.29) is 37.7 Å². The number of aliphatic hydroxyl groups is 3. The van der Waals surface area contributed by atoms with Crippen LogP contribution in [0, 0.1) is 17.8 Å². The number of rotatable bonds is 11. The molecular formula is C33H41NO7. The molecule has 0 bridgehead atoms. The van der Waals surface area contributed by atoms with Gasteiger partial charge in [0.05, 0.1) is 31.2 Å². The molecule has 0 unspecified atom stereocenters. The highest BCUT2D eigenvalue weighted by Crippen LogP contribution is 2.47. The average Bonchev–Trinajstić information content (AvgIpc) is 3.56. The molecule has 5 rings (SSSR count). The lowest BCUT2D eigenvalue weighted by atomic mass is 9.68. The molecule has 1 aromatic carbocycles. The first-order valence-corrected chi connectivity index (χ1v) is 14.8. The Balaban J connectivity index is 1.41. The number of aliphatic hydroxyl groups excluding tert-OH is 3. The Morgan fingerprint density at radius 3 is 2.49 bits per heavy atom. The minimum absolute atomic E-state index is 0.0699. The second-order valence-electron chi connectivity index (χ2n) is 11.5. The number of hydrogen-bond acceptors (Lipinski definition) is 7. The van der Waals surface area contributed by atoms with Gasteiger partial charge >= 0.3 is 0 Å².